The predicted molar refractivity (Wildman–Crippen MR) is 70.1 cm³/mol. The van der Waals surface area contributed by atoms with Crippen molar-refractivity contribution in [2.24, 2.45) is 5.92 Å². The lowest BCUT2D eigenvalue weighted by Crippen LogP contribution is -2.44. The molecular formula is C14H20N2O3. The Hall–Kier alpha value is -1.78. The summed E-state index contributed by atoms with van der Waals surface area (Å²) in [7, 11) is 0. The molecule has 1 N–H and O–H groups in total. The number of furan rings is 1. The van der Waals surface area contributed by atoms with Crippen LogP contribution in [-0.2, 0) is 16.1 Å². The molecule has 2 amide bonds. The molecule has 0 saturated carbocycles. The number of nitrogens with zero attached hydrogens (tertiary/aromatic N) is 1. The summed E-state index contributed by atoms with van der Waals surface area (Å²) in [6, 6.07) is 3.62. The third kappa shape index (κ3) is 3.59. The Bertz CT molecular complexity index is 460. The minimum Gasteiger partial charge on any atom is -0.467 e. The van der Waals surface area contributed by atoms with Crippen molar-refractivity contribution in [3.05, 3.63) is 24.2 Å². The molecule has 0 aliphatic carbocycles. The van der Waals surface area contributed by atoms with Crippen LogP contribution < -0.4 is 5.32 Å². The van der Waals surface area contributed by atoms with Crippen LogP contribution >= 0.6 is 0 Å². The molecule has 19 heavy (non-hydrogen) atoms. The second-order valence-electron chi connectivity index (χ2n) is 5.99. The van der Waals surface area contributed by atoms with Gasteiger partial charge in [-0.1, -0.05) is 0 Å². The van der Waals surface area contributed by atoms with E-state index in [1.165, 1.54) is 0 Å². The van der Waals surface area contributed by atoms with Crippen molar-refractivity contribution in [2.45, 2.75) is 39.3 Å². The molecule has 1 aliphatic heterocycles. The van der Waals surface area contributed by atoms with Crippen LogP contribution in [0.5, 0.6) is 0 Å². The van der Waals surface area contributed by atoms with E-state index in [0.717, 1.165) is 5.76 Å². The topological polar surface area (TPSA) is 62.6 Å². The Labute approximate surface area is 113 Å². The second kappa shape index (κ2) is 5.07. The first-order chi connectivity index (χ1) is 8.85. The fourth-order valence-corrected chi connectivity index (χ4v) is 2.16. The van der Waals surface area contributed by atoms with Gasteiger partial charge in [0.1, 0.15) is 5.76 Å². The van der Waals surface area contributed by atoms with Gasteiger partial charge < -0.3 is 14.6 Å². The van der Waals surface area contributed by atoms with Gasteiger partial charge in [0.2, 0.25) is 11.8 Å². The van der Waals surface area contributed by atoms with E-state index in [9.17, 15) is 9.59 Å². The summed E-state index contributed by atoms with van der Waals surface area (Å²) in [5.41, 5.74) is -0.269. The minimum absolute atomic E-state index is 0.00505. The van der Waals surface area contributed by atoms with Crippen LogP contribution in [0.3, 0.4) is 0 Å². The summed E-state index contributed by atoms with van der Waals surface area (Å²) >= 11 is 0. The lowest BCUT2D eigenvalue weighted by molar-refractivity contribution is -0.129. The van der Waals surface area contributed by atoms with Gasteiger partial charge in [-0.25, -0.2) is 0 Å². The molecular weight excluding hydrogens is 244 g/mol. The van der Waals surface area contributed by atoms with Crippen molar-refractivity contribution in [3.8, 4) is 0 Å². The molecule has 2 heterocycles. The molecule has 0 aromatic carbocycles. The second-order valence-corrected chi connectivity index (χ2v) is 5.99. The first-order valence-electron chi connectivity index (χ1n) is 6.47. The number of carbonyl (C=O) groups excluding carboxylic acids is 2. The molecule has 5 heteroatoms. The zero-order valence-corrected chi connectivity index (χ0v) is 11.6. The van der Waals surface area contributed by atoms with Crippen LogP contribution in [0.2, 0.25) is 0 Å². The van der Waals surface area contributed by atoms with E-state index in [1.54, 1.807) is 17.2 Å². The maximum absolute atomic E-state index is 12.0. The average Bonchev–Trinajstić information content (AvgIpc) is 2.88. The summed E-state index contributed by atoms with van der Waals surface area (Å²) in [6.45, 7) is 6.69. The van der Waals surface area contributed by atoms with Crippen molar-refractivity contribution >= 4 is 11.8 Å². The van der Waals surface area contributed by atoms with Crippen molar-refractivity contribution in [1.82, 2.24) is 10.2 Å². The number of hydrogen-bond donors (Lipinski definition) is 1. The highest BCUT2D eigenvalue weighted by molar-refractivity contribution is 5.89. The van der Waals surface area contributed by atoms with E-state index in [-0.39, 0.29) is 29.7 Å². The van der Waals surface area contributed by atoms with E-state index < -0.39 is 0 Å². The fourth-order valence-electron chi connectivity index (χ4n) is 2.16. The number of likely N-dealkylation sites (tertiary alicyclic amines) is 1. The van der Waals surface area contributed by atoms with Gasteiger partial charge in [0.25, 0.3) is 0 Å². The van der Waals surface area contributed by atoms with E-state index in [4.69, 9.17) is 4.42 Å². The monoisotopic (exact) mass is 264 g/mol. The van der Waals surface area contributed by atoms with Crippen molar-refractivity contribution in [1.29, 1.82) is 0 Å². The quantitative estimate of drug-likeness (QED) is 0.900. The van der Waals surface area contributed by atoms with E-state index >= 15 is 0 Å². The molecule has 1 fully saturated rings. The molecule has 1 atom stereocenters. The number of carbonyl (C=O) groups is 2. The molecule has 0 unspecified atom stereocenters. The molecule has 2 rings (SSSR count). The maximum Gasteiger partial charge on any atom is 0.225 e. The Morgan fingerprint density at radius 2 is 2.26 bits per heavy atom. The van der Waals surface area contributed by atoms with Crippen LogP contribution in [0.15, 0.2) is 22.8 Å². The van der Waals surface area contributed by atoms with Gasteiger partial charge in [-0.05, 0) is 32.9 Å². The highest BCUT2D eigenvalue weighted by Gasteiger charge is 2.35. The number of amides is 2. The van der Waals surface area contributed by atoms with E-state index in [2.05, 4.69) is 5.32 Å². The normalized spacial score (nSPS) is 19.8. The zero-order chi connectivity index (χ0) is 14.0. The van der Waals surface area contributed by atoms with Crippen LogP contribution in [0.4, 0.5) is 0 Å². The number of hydrogen-bond acceptors (Lipinski definition) is 3. The third-order valence-corrected chi connectivity index (χ3v) is 3.01. The third-order valence-electron chi connectivity index (χ3n) is 3.01. The highest BCUT2D eigenvalue weighted by Crippen LogP contribution is 2.21. The van der Waals surface area contributed by atoms with Crippen molar-refractivity contribution in [3.63, 3.8) is 0 Å². The minimum atomic E-state index is -0.269. The van der Waals surface area contributed by atoms with Crippen LogP contribution in [0.1, 0.15) is 33.0 Å². The van der Waals surface area contributed by atoms with Crippen molar-refractivity contribution in [2.75, 3.05) is 6.54 Å². The van der Waals surface area contributed by atoms with E-state index in [0.29, 0.717) is 13.1 Å². The Kier molecular flexibility index (Phi) is 3.64. The van der Waals surface area contributed by atoms with Gasteiger partial charge in [-0.3, -0.25) is 9.59 Å². The summed E-state index contributed by atoms with van der Waals surface area (Å²) in [5, 5.41) is 2.92. The maximum atomic E-state index is 12.0. The fraction of sp³-hybridized carbons (Fsp3) is 0.571. The van der Waals surface area contributed by atoms with E-state index in [1.807, 2.05) is 26.8 Å². The van der Waals surface area contributed by atoms with Crippen molar-refractivity contribution < 1.29 is 14.0 Å². The lowest BCUT2D eigenvalue weighted by Gasteiger charge is -2.23. The molecule has 1 saturated heterocycles. The first kappa shape index (κ1) is 13.6. The Morgan fingerprint density at radius 1 is 1.53 bits per heavy atom. The molecule has 0 spiro atoms. The molecule has 1 aliphatic rings. The molecule has 104 valence electrons. The predicted octanol–water partition coefficient (Wildman–Crippen LogP) is 1.54. The number of nitrogens with one attached hydrogen (secondary N) is 1. The van der Waals surface area contributed by atoms with Crippen LogP contribution in [0, 0.1) is 5.92 Å². The zero-order valence-electron chi connectivity index (χ0n) is 11.6. The van der Waals surface area contributed by atoms with Crippen LogP contribution in [-0.4, -0.2) is 28.8 Å². The largest absolute Gasteiger partial charge is 0.467 e. The van der Waals surface area contributed by atoms with Gasteiger partial charge >= 0.3 is 0 Å². The SMILES string of the molecule is CC(C)(C)NC(=O)[C@@H]1CC(=O)N(Cc2ccco2)C1. The van der Waals surface area contributed by atoms with Gasteiger partial charge in [0.15, 0.2) is 0 Å². The van der Waals surface area contributed by atoms with Crippen LogP contribution in [0.25, 0.3) is 0 Å². The summed E-state index contributed by atoms with van der Waals surface area (Å²) < 4.78 is 5.23. The summed E-state index contributed by atoms with van der Waals surface area (Å²) in [5.74, 6) is 0.431. The average molecular weight is 264 g/mol. The summed E-state index contributed by atoms with van der Waals surface area (Å²) in [4.78, 5) is 25.6. The first-order valence-corrected chi connectivity index (χ1v) is 6.47. The molecule has 5 nitrogen and oxygen atoms in total. The van der Waals surface area contributed by atoms with Gasteiger partial charge in [0, 0.05) is 18.5 Å². The Balaban J connectivity index is 1.93. The lowest BCUT2D eigenvalue weighted by atomic mass is 10.0. The summed E-state index contributed by atoms with van der Waals surface area (Å²) in [6.07, 6.45) is 1.86. The highest BCUT2D eigenvalue weighted by atomic mass is 16.3. The molecule has 1 aromatic heterocycles. The Morgan fingerprint density at radius 3 is 2.84 bits per heavy atom. The van der Waals surface area contributed by atoms with Gasteiger partial charge in [0.05, 0.1) is 18.7 Å². The van der Waals surface area contributed by atoms with Gasteiger partial charge in [-0.2, -0.15) is 0 Å². The molecule has 0 radical (unpaired) electrons. The standard InChI is InChI=1S/C14H20N2O3/c1-14(2,3)15-13(18)10-7-12(17)16(8-10)9-11-5-4-6-19-11/h4-6,10H,7-9H2,1-3H3,(H,15,18)/t10-/m1/s1. The molecule has 0 bridgehead atoms. The number of rotatable bonds is 3. The molecule has 1 aromatic rings. The van der Waals surface area contributed by atoms with Gasteiger partial charge in [-0.15, -0.1) is 0 Å². The smallest absolute Gasteiger partial charge is 0.225 e.